The summed E-state index contributed by atoms with van der Waals surface area (Å²) >= 11 is 0. The van der Waals surface area contributed by atoms with Crippen molar-refractivity contribution in [2.24, 2.45) is 13.0 Å². The first-order valence-electron chi connectivity index (χ1n) is 6.71. The van der Waals surface area contributed by atoms with Crippen molar-refractivity contribution in [1.29, 1.82) is 0 Å². The van der Waals surface area contributed by atoms with E-state index in [2.05, 4.69) is 12.2 Å². The van der Waals surface area contributed by atoms with Crippen LogP contribution in [-0.2, 0) is 13.5 Å². The van der Waals surface area contributed by atoms with E-state index in [4.69, 9.17) is 5.11 Å². The van der Waals surface area contributed by atoms with Crippen LogP contribution in [0, 0.1) is 5.92 Å². The monoisotopic (exact) mass is 250 g/mol. The molecule has 18 heavy (non-hydrogen) atoms. The Morgan fingerprint density at radius 1 is 1.56 bits per heavy atom. The van der Waals surface area contributed by atoms with Crippen LogP contribution in [0.15, 0.2) is 12.3 Å². The third kappa shape index (κ3) is 2.58. The van der Waals surface area contributed by atoms with Gasteiger partial charge in [-0.1, -0.05) is 6.92 Å². The molecule has 2 atom stereocenters. The van der Waals surface area contributed by atoms with Gasteiger partial charge in [-0.15, -0.1) is 0 Å². The number of nitrogens with zero attached hydrogens (tertiary/aromatic N) is 1. The largest absolute Gasteiger partial charge is 0.396 e. The first-order chi connectivity index (χ1) is 8.65. The molecule has 1 aliphatic rings. The molecule has 1 aliphatic carbocycles. The van der Waals surface area contributed by atoms with Crippen LogP contribution in [0.5, 0.6) is 0 Å². The van der Waals surface area contributed by atoms with Crippen molar-refractivity contribution in [1.82, 2.24) is 9.88 Å². The Labute approximate surface area is 108 Å². The summed E-state index contributed by atoms with van der Waals surface area (Å²) in [6, 6.07) is 2.10. The van der Waals surface area contributed by atoms with Gasteiger partial charge in [-0.2, -0.15) is 0 Å². The number of carbonyl (C=O) groups excluding carboxylic acids is 1. The molecule has 1 saturated carbocycles. The highest BCUT2D eigenvalue weighted by Crippen LogP contribution is 2.25. The molecule has 2 rings (SSSR count). The van der Waals surface area contributed by atoms with Crippen molar-refractivity contribution in [3.05, 3.63) is 23.5 Å². The number of aryl methyl sites for hydroxylation is 1. The summed E-state index contributed by atoms with van der Waals surface area (Å²) in [5, 5.41) is 12.2. The van der Waals surface area contributed by atoms with E-state index >= 15 is 0 Å². The molecule has 0 saturated heterocycles. The van der Waals surface area contributed by atoms with Gasteiger partial charge in [0, 0.05) is 31.6 Å². The summed E-state index contributed by atoms with van der Waals surface area (Å²) in [4.78, 5) is 12.2. The van der Waals surface area contributed by atoms with E-state index in [1.165, 1.54) is 0 Å². The van der Waals surface area contributed by atoms with Gasteiger partial charge in [-0.05, 0) is 37.7 Å². The van der Waals surface area contributed by atoms with E-state index in [1.54, 1.807) is 0 Å². The van der Waals surface area contributed by atoms with Crippen molar-refractivity contribution in [2.45, 2.75) is 38.6 Å². The van der Waals surface area contributed by atoms with Crippen LogP contribution >= 0.6 is 0 Å². The fourth-order valence-corrected chi connectivity index (χ4v) is 2.84. The molecular weight excluding hydrogens is 228 g/mol. The van der Waals surface area contributed by atoms with Crippen LogP contribution in [0.4, 0.5) is 0 Å². The Morgan fingerprint density at radius 3 is 2.94 bits per heavy atom. The number of hydrogen-bond acceptors (Lipinski definition) is 2. The topological polar surface area (TPSA) is 54.3 Å². The Kier molecular flexibility index (Phi) is 4.07. The van der Waals surface area contributed by atoms with Gasteiger partial charge in [0.25, 0.3) is 5.91 Å². The minimum Gasteiger partial charge on any atom is -0.396 e. The summed E-state index contributed by atoms with van der Waals surface area (Å²) in [5.41, 5.74) is 1.86. The predicted octanol–water partition coefficient (Wildman–Crippen LogP) is 1.48. The number of aliphatic hydroxyl groups is 1. The molecule has 0 aromatic carbocycles. The maximum Gasteiger partial charge on any atom is 0.253 e. The predicted molar refractivity (Wildman–Crippen MR) is 70.5 cm³/mol. The molecule has 1 amide bonds. The van der Waals surface area contributed by atoms with Crippen LogP contribution in [-0.4, -0.2) is 28.2 Å². The summed E-state index contributed by atoms with van der Waals surface area (Å²) in [6.07, 6.45) is 5.67. The molecular formula is C14H22N2O2. The number of aliphatic hydroxyl groups excluding tert-OH is 1. The number of aromatic nitrogens is 1. The van der Waals surface area contributed by atoms with Gasteiger partial charge >= 0.3 is 0 Å². The molecule has 0 aliphatic heterocycles. The van der Waals surface area contributed by atoms with Crippen molar-refractivity contribution in [3.8, 4) is 0 Å². The van der Waals surface area contributed by atoms with Crippen molar-refractivity contribution < 1.29 is 9.90 Å². The highest BCUT2D eigenvalue weighted by molar-refractivity contribution is 5.95. The lowest BCUT2D eigenvalue weighted by Gasteiger charge is -2.13. The van der Waals surface area contributed by atoms with Crippen molar-refractivity contribution in [2.75, 3.05) is 6.61 Å². The van der Waals surface area contributed by atoms with E-state index < -0.39 is 0 Å². The zero-order chi connectivity index (χ0) is 13.1. The van der Waals surface area contributed by atoms with Gasteiger partial charge in [0.15, 0.2) is 0 Å². The third-order valence-electron chi connectivity index (χ3n) is 3.92. The smallest absolute Gasteiger partial charge is 0.253 e. The average molecular weight is 250 g/mol. The SMILES string of the molecule is CCc1c(C(=O)N[C@H]2CC[C@@H](CO)C2)ccn1C. The second-order valence-corrected chi connectivity index (χ2v) is 5.17. The fraction of sp³-hybridized carbons (Fsp3) is 0.643. The standard InChI is InChI=1S/C14H22N2O2/c1-3-13-12(6-7-16(13)2)14(18)15-11-5-4-10(8-11)9-17/h6-7,10-11,17H,3-5,8-9H2,1-2H3,(H,15,18)/t10-,11+/m1/s1. The lowest BCUT2D eigenvalue weighted by Crippen LogP contribution is -2.33. The number of rotatable bonds is 4. The first-order valence-corrected chi connectivity index (χ1v) is 6.71. The zero-order valence-corrected chi connectivity index (χ0v) is 11.1. The molecule has 2 N–H and O–H groups in total. The quantitative estimate of drug-likeness (QED) is 0.850. The minimum atomic E-state index is 0.0241. The van der Waals surface area contributed by atoms with Crippen LogP contribution in [0.3, 0.4) is 0 Å². The van der Waals surface area contributed by atoms with Crippen LogP contribution in [0.1, 0.15) is 42.2 Å². The Hall–Kier alpha value is -1.29. The normalized spacial score (nSPS) is 23.3. The second-order valence-electron chi connectivity index (χ2n) is 5.17. The van der Waals surface area contributed by atoms with Gasteiger partial charge in [0.2, 0.25) is 0 Å². The molecule has 0 unspecified atom stereocenters. The second kappa shape index (κ2) is 5.57. The minimum absolute atomic E-state index is 0.0241. The molecule has 100 valence electrons. The summed E-state index contributed by atoms with van der Waals surface area (Å²) in [6.45, 7) is 2.29. The summed E-state index contributed by atoms with van der Waals surface area (Å²) in [5.74, 6) is 0.382. The lowest BCUT2D eigenvalue weighted by molar-refractivity contribution is 0.0935. The maximum absolute atomic E-state index is 12.2. The summed E-state index contributed by atoms with van der Waals surface area (Å²) in [7, 11) is 1.97. The molecule has 4 nitrogen and oxygen atoms in total. The van der Waals surface area contributed by atoms with E-state index in [9.17, 15) is 4.79 Å². The lowest BCUT2D eigenvalue weighted by atomic mass is 10.1. The zero-order valence-electron chi connectivity index (χ0n) is 11.1. The third-order valence-corrected chi connectivity index (χ3v) is 3.92. The number of nitrogens with one attached hydrogen (secondary N) is 1. The van der Waals surface area contributed by atoms with Crippen LogP contribution in [0.2, 0.25) is 0 Å². The number of hydrogen-bond donors (Lipinski definition) is 2. The van der Waals surface area contributed by atoms with Gasteiger partial charge in [0.1, 0.15) is 0 Å². The highest BCUT2D eigenvalue weighted by Gasteiger charge is 2.26. The molecule has 0 spiro atoms. The first kappa shape index (κ1) is 13.1. The Balaban J connectivity index is 2.00. The highest BCUT2D eigenvalue weighted by atomic mass is 16.3. The van der Waals surface area contributed by atoms with Crippen molar-refractivity contribution >= 4 is 5.91 Å². The van der Waals surface area contributed by atoms with Gasteiger partial charge in [-0.25, -0.2) is 0 Å². The van der Waals surface area contributed by atoms with E-state index in [-0.39, 0.29) is 18.6 Å². The molecule has 0 radical (unpaired) electrons. The fourth-order valence-electron chi connectivity index (χ4n) is 2.84. The molecule has 1 heterocycles. The Morgan fingerprint density at radius 2 is 2.33 bits per heavy atom. The van der Waals surface area contributed by atoms with Crippen LogP contribution < -0.4 is 5.32 Å². The molecule has 4 heteroatoms. The van der Waals surface area contributed by atoms with Gasteiger partial charge in [0.05, 0.1) is 5.56 Å². The molecule has 1 aromatic rings. The summed E-state index contributed by atoms with van der Waals surface area (Å²) < 4.78 is 2.00. The molecule has 1 fully saturated rings. The number of carbonyl (C=O) groups is 1. The van der Waals surface area contributed by atoms with Crippen LogP contribution in [0.25, 0.3) is 0 Å². The number of amides is 1. The van der Waals surface area contributed by atoms with E-state index in [0.717, 1.165) is 36.9 Å². The Bertz CT molecular complexity index is 425. The average Bonchev–Trinajstić information content (AvgIpc) is 2.95. The van der Waals surface area contributed by atoms with Gasteiger partial charge in [-0.3, -0.25) is 4.79 Å². The van der Waals surface area contributed by atoms with E-state index in [1.807, 2.05) is 23.9 Å². The molecule has 0 bridgehead atoms. The molecule has 1 aromatic heterocycles. The van der Waals surface area contributed by atoms with Gasteiger partial charge < -0.3 is 15.0 Å². The van der Waals surface area contributed by atoms with E-state index in [0.29, 0.717) is 5.92 Å². The van der Waals surface area contributed by atoms with Crippen molar-refractivity contribution in [3.63, 3.8) is 0 Å². The maximum atomic E-state index is 12.2.